The molecule has 2 unspecified atom stereocenters. The number of hydrogen-bond donors (Lipinski definition) is 4. The van der Waals surface area contributed by atoms with E-state index in [1.165, 1.54) is 11.1 Å². The van der Waals surface area contributed by atoms with E-state index in [9.17, 15) is 19.8 Å². The first-order valence-electron chi connectivity index (χ1n) is 13.1. The number of benzene rings is 2. The van der Waals surface area contributed by atoms with Crippen molar-refractivity contribution in [2.45, 2.75) is 51.4 Å². The second-order valence-corrected chi connectivity index (χ2v) is 10.8. The topological polar surface area (TPSA) is 128 Å². The first kappa shape index (κ1) is 27.1. The summed E-state index contributed by atoms with van der Waals surface area (Å²) in [4.78, 5) is 36.9. The van der Waals surface area contributed by atoms with Gasteiger partial charge in [0.2, 0.25) is 11.9 Å². The molecule has 39 heavy (non-hydrogen) atoms. The third kappa shape index (κ3) is 5.61. The van der Waals surface area contributed by atoms with Crippen molar-refractivity contribution in [2.24, 2.45) is 5.92 Å². The molecule has 1 aliphatic heterocycles. The third-order valence-electron chi connectivity index (χ3n) is 7.58. The number of nitrogens with zero attached hydrogens (tertiary/aromatic N) is 3. The normalized spacial score (nSPS) is 19.7. The average Bonchev–Trinajstić information content (AvgIpc) is 3.24. The van der Waals surface area contributed by atoms with Crippen molar-refractivity contribution in [3.8, 4) is 11.3 Å². The number of carbonyl (C=O) groups excluding carboxylic acids is 2. The number of aromatic nitrogens is 2. The summed E-state index contributed by atoms with van der Waals surface area (Å²) in [6, 6.07) is 12.0. The highest BCUT2D eigenvalue weighted by Gasteiger charge is 2.35. The molecule has 0 spiro atoms. The predicted octanol–water partition coefficient (Wildman–Crippen LogP) is 3.48. The summed E-state index contributed by atoms with van der Waals surface area (Å²) >= 11 is 6.44. The van der Waals surface area contributed by atoms with Gasteiger partial charge in [0, 0.05) is 30.3 Å². The zero-order valence-electron chi connectivity index (χ0n) is 21.9. The molecule has 2 atom stereocenters. The van der Waals surface area contributed by atoms with E-state index < -0.39 is 12.1 Å². The van der Waals surface area contributed by atoms with Gasteiger partial charge in [0.25, 0.3) is 5.91 Å². The van der Waals surface area contributed by atoms with E-state index in [0.717, 1.165) is 29.5 Å². The second-order valence-electron chi connectivity index (χ2n) is 10.4. The summed E-state index contributed by atoms with van der Waals surface area (Å²) in [6.45, 7) is 3.87. The van der Waals surface area contributed by atoms with E-state index >= 15 is 0 Å². The quantitative estimate of drug-likeness (QED) is 0.322. The van der Waals surface area contributed by atoms with Crippen LogP contribution in [0.3, 0.4) is 0 Å². The lowest BCUT2D eigenvalue weighted by molar-refractivity contribution is -0.126. The minimum Gasteiger partial charge on any atom is -0.396 e. The Hall–Kier alpha value is -3.53. The van der Waals surface area contributed by atoms with Crippen molar-refractivity contribution in [2.75, 3.05) is 18.5 Å². The molecule has 1 saturated carbocycles. The number of aliphatic hydroxyl groups excluding tert-OH is 2. The van der Waals surface area contributed by atoms with Gasteiger partial charge in [-0.3, -0.25) is 9.59 Å². The molecule has 3 aromatic rings. The lowest BCUT2D eigenvalue weighted by Crippen LogP contribution is -2.46. The third-order valence-corrected chi connectivity index (χ3v) is 7.85. The van der Waals surface area contributed by atoms with Gasteiger partial charge < -0.3 is 25.7 Å². The molecule has 9 nitrogen and oxygen atoms in total. The molecule has 4 N–H and O–H groups in total. The van der Waals surface area contributed by atoms with Crippen LogP contribution in [0.1, 0.15) is 52.9 Å². The van der Waals surface area contributed by atoms with Crippen LogP contribution in [0.5, 0.6) is 0 Å². The number of aryl methyl sites for hydroxylation is 1. The molecule has 2 amide bonds. The van der Waals surface area contributed by atoms with E-state index in [1.54, 1.807) is 13.0 Å². The lowest BCUT2D eigenvalue weighted by atomic mass is 9.81. The summed E-state index contributed by atoms with van der Waals surface area (Å²) < 4.78 is 0. The van der Waals surface area contributed by atoms with Gasteiger partial charge in [-0.25, -0.2) is 9.97 Å². The van der Waals surface area contributed by atoms with Crippen LogP contribution in [0.2, 0.25) is 5.02 Å². The van der Waals surface area contributed by atoms with Crippen LogP contribution in [0.15, 0.2) is 48.7 Å². The maximum Gasteiger partial charge on any atom is 0.255 e. The summed E-state index contributed by atoms with van der Waals surface area (Å²) in [5.41, 5.74) is 4.33. The van der Waals surface area contributed by atoms with Crippen LogP contribution >= 0.6 is 11.6 Å². The molecular formula is C29H32ClN5O4. The van der Waals surface area contributed by atoms with Gasteiger partial charge in [0.1, 0.15) is 6.04 Å². The molecule has 10 heteroatoms. The average molecular weight is 550 g/mol. The lowest BCUT2D eigenvalue weighted by Gasteiger charge is -2.34. The summed E-state index contributed by atoms with van der Waals surface area (Å²) in [6.07, 6.45) is 3.25. The SMILES string of the molecule is Cc1cccc(C(CO)NC(=O)C(C)N2Cc3ccc(-c4nc(NC5CC(CO)C5)ncc4Cl)cc3C2=O)c1. The number of anilines is 1. The maximum atomic E-state index is 13.4. The van der Waals surface area contributed by atoms with E-state index in [0.29, 0.717) is 40.3 Å². The van der Waals surface area contributed by atoms with Gasteiger partial charge in [-0.2, -0.15) is 0 Å². The molecule has 1 aromatic heterocycles. The molecule has 204 valence electrons. The molecule has 2 aliphatic rings. The van der Waals surface area contributed by atoms with Crippen LogP contribution in [-0.2, 0) is 11.3 Å². The van der Waals surface area contributed by atoms with Crippen molar-refractivity contribution in [1.82, 2.24) is 20.2 Å². The Morgan fingerprint density at radius 1 is 1.21 bits per heavy atom. The molecule has 5 rings (SSSR count). The number of amides is 2. The Morgan fingerprint density at radius 3 is 2.72 bits per heavy atom. The zero-order valence-corrected chi connectivity index (χ0v) is 22.7. The second kappa shape index (κ2) is 11.3. The molecule has 2 aromatic carbocycles. The van der Waals surface area contributed by atoms with Gasteiger partial charge in [-0.15, -0.1) is 0 Å². The van der Waals surface area contributed by atoms with E-state index in [-0.39, 0.29) is 31.1 Å². The van der Waals surface area contributed by atoms with Crippen molar-refractivity contribution in [3.63, 3.8) is 0 Å². The number of carbonyl (C=O) groups is 2. The monoisotopic (exact) mass is 549 g/mol. The molecule has 1 aliphatic carbocycles. The minimum absolute atomic E-state index is 0.181. The predicted molar refractivity (Wildman–Crippen MR) is 148 cm³/mol. The fraction of sp³-hybridized carbons (Fsp3) is 0.379. The van der Waals surface area contributed by atoms with Crippen LogP contribution in [0.25, 0.3) is 11.3 Å². The number of halogens is 1. The molecule has 2 heterocycles. The molecule has 1 fully saturated rings. The standard InChI is InChI=1S/C29H32ClN5O4/c1-16-4-3-5-19(8-16)25(15-37)33-27(38)17(2)35-13-21-7-6-20(11-23(21)28(35)39)26-24(30)12-31-29(34-26)32-22-9-18(10-22)14-36/h3-8,11-12,17-18,22,25,36-37H,9-10,13-15H2,1-2H3,(H,33,38)(H,31,32,34). The largest absolute Gasteiger partial charge is 0.396 e. The fourth-order valence-corrected chi connectivity index (χ4v) is 5.36. The maximum absolute atomic E-state index is 13.4. The number of nitrogens with one attached hydrogen (secondary N) is 2. The Morgan fingerprint density at radius 2 is 2.00 bits per heavy atom. The first-order chi connectivity index (χ1) is 18.8. The summed E-state index contributed by atoms with van der Waals surface area (Å²) in [5.74, 6) is 0.160. The van der Waals surface area contributed by atoms with Crippen LogP contribution in [-0.4, -0.2) is 62.2 Å². The highest BCUT2D eigenvalue weighted by atomic mass is 35.5. The van der Waals surface area contributed by atoms with Crippen LogP contribution in [0.4, 0.5) is 5.95 Å². The number of hydrogen-bond acceptors (Lipinski definition) is 7. The summed E-state index contributed by atoms with van der Waals surface area (Å²) in [5, 5.41) is 25.7. The van der Waals surface area contributed by atoms with Crippen LogP contribution < -0.4 is 10.6 Å². The number of fused-ring (bicyclic) bond motifs is 1. The van der Waals surface area contributed by atoms with Crippen molar-refractivity contribution < 1.29 is 19.8 Å². The smallest absolute Gasteiger partial charge is 0.255 e. The Labute approximate surface area is 232 Å². The molecular weight excluding hydrogens is 518 g/mol. The molecule has 0 saturated heterocycles. The molecule has 0 bridgehead atoms. The fourth-order valence-electron chi connectivity index (χ4n) is 5.16. The highest BCUT2D eigenvalue weighted by molar-refractivity contribution is 6.33. The number of aliphatic hydroxyl groups is 2. The van der Waals surface area contributed by atoms with Gasteiger partial charge in [0.05, 0.1) is 29.6 Å². The highest BCUT2D eigenvalue weighted by Crippen LogP contribution is 2.34. The number of rotatable bonds is 9. The van der Waals surface area contributed by atoms with Gasteiger partial charge in [-0.05, 0) is 49.8 Å². The van der Waals surface area contributed by atoms with Gasteiger partial charge in [0.15, 0.2) is 0 Å². The molecule has 0 radical (unpaired) electrons. The zero-order chi connectivity index (χ0) is 27.7. The van der Waals surface area contributed by atoms with E-state index in [4.69, 9.17) is 11.6 Å². The Kier molecular flexibility index (Phi) is 7.83. The Balaban J connectivity index is 1.30. The van der Waals surface area contributed by atoms with Crippen LogP contribution in [0, 0.1) is 12.8 Å². The van der Waals surface area contributed by atoms with Gasteiger partial charge in [-0.1, -0.05) is 53.6 Å². The van der Waals surface area contributed by atoms with Crippen molar-refractivity contribution >= 4 is 29.4 Å². The Bertz CT molecular complexity index is 1390. The summed E-state index contributed by atoms with van der Waals surface area (Å²) in [7, 11) is 0. The minimum atomic E-state index is -0.740. The van der Waals surface area contributed by atoms with E-state index in [1.807, 2.05) is 43.3 Å². The first-order valence-corrected chi connectivity index (χ1v) is 13.5. The van der Waals surface area contributed by atoms with Crippen molar-refractivity contribution in [3.05, 3.63) is 75.9 Å². The van der Waals surface area contributed by atoms with E-state index in [2.05, 4.69) is 20.6 Å². The van der Waals surface area contributed by atoms with Gasteiger partial charge >= 0.3 is 0 Å². The van der Waals surface area contributed by atoms with Crippen molar-refractivity contribution in [1.29, 1.82) is 0 Å².